The summed E-state index contributed by atoms with van der Waals surface area (Å²) in [6.07, 6.45) is 0. The van der Waals surface area contributed by atoms with Crippen LogP contribution >= 0.6 is 0 Å². The minimum atomic E-state index is 0.619. The Kier molecular flexibility index (Phi) is 8.12. The molecule has 0 aliphatic rings. The van der Waals surface area contributed by atoms with Crippen LogP contribution in [0.1, 0.15) is 0 Å². The summed E-state index contributed by atoms with van der Waals surface area (Å²) in [7, 11) is 0. The van der Waals surface area contributed by atoms with Crippen LogP contribution in [0.15, 0.2) is 188 Å². The van der Waals surface area contributed by atoms with E-state index in [0.29, 0.717) is 23.3 Å². The Bertz CT molecular complexity index is 2620. The second-order valence-electron chi connectivity index (χ2n) is 12.6. The Morgan fingerprint density at radius 3 is 1.23 bits per heavy atom. The van der Waals surface area contributed by atoms with Crippen molar-refractivity contribution in [2.24, 2.45) is 0 Å². The molecule has 7 aromatic carbocycles. The zero-order valence-corrected chi connectivity index (χ0v) is 28.1. The van der Waals surface area contributed by atoms with Gasteiger partial charge in [0.2, 0.25) is 0 Å². The number of benzene rings is 7. The van der Waals surface area contributed by atoms with Crippen LogP contribution in [0.5, 0.6) is 0 Å². The van der Waals surface area contributed by atoms with Gasteiger partial charge in [0.05, 0.1) is 11.4 Å². The third-order valence-electron chi connectivity index (χ3n) is 9.12. The summed E-state index contributed by atoms with van der Waals surface area (Å²) >= 11 is 0. The molecule has 2 heterocycles. The van der Waals surface area contributed by atoms with Gasteiger partial charge in [-0.1, -0.05) is 164 Å². The molecule has 0 spiro atoms. The van der Waals surface area contributed by atoms with E-state index in [9.17, 15) is 0 Å². The van der Waals surface area contributed by atoms with Crippen LogP contribution in [0.25, 0.3) is 90.0 Å². The number of nitrogens with zero attached hydrogens (tertiary/aromatic N) is 5. The van der Waals surface area contributed by atoms with Gasteiger partial charge in [0.25, 0.3) is 0 Å². The van der Waals surface area contributed by atoms with Crippen molar-refractivity contribution in [3.63, 3.8) is 0 Å². The summed E-state index contributed by atoms with van der Waals surface area (Å²) < 4.78 is 0. The molecular weight excluding hydrogens is 635 g/mol. The van der Waals surface area contributed by atoms with E-state index in [1.807, 2.05) is 78.9 Å². The molecule has 0 aliphatic heterocycles. The van der Waals surface area contributed by atoms with Crippen molar-refractivity contribution in [3.05, 3.63) is 188 Å². The highest BCUT2D eigenvalue weighted by Crippen LogP contribution is 2.33. The summed E-state index contributed by atoms with van der Waals surface area (Å²) in [5.74, 6) is 2.58. The third-order valence-corrected chi connectivity index (χ3v) is 9.12. The van der Waals surface area contributed by atoms with E-state index in [-0.39, 0.29) is 0 Å². The molecule has 9 rings (SSSR count). The summed E-state index contributed by atoms with van der Waals surface area (Å²) in [6.45, 7) is 0. The quantitative estimate of drug-likeness (QED) is 0.169. The monoisotopic (exact) mass is 665 g/mol. The highest BCUT2D eigenvalue weighted by atomic mass is 15.0. The Balaban J connectivity index is 1.13. The molecule has 2 aromatic heterocycles. The van der Waals surface area contributed by atoms with Gasteiger partial charge >= 0.3 is 0 Å². The molecule has 9 aromatic rings. The predicted octanol–water partition coefficient (Wildman–Crippen LogP) is 11.5. The van der Waals surface area contributed by atoms with Gasteiger partial charge in [0.1, 0.15) is 0 Å². The topological polar surface area (TPSA) is 64.5 Å². The van der Waals surface area contributed by atoms with E-state index in [1.54, 1.807) is 0 Å². The van der Waals surface area contributed by atoms with Crippen molar-refractivity contribution in [1.82, 2.24) is 24.9 Å². The second kappa shape index (κ2) is 13.7. The van der Waals surface area contributed by atoms with Gasteiger partial charge < -0.3 is 0 Å². The summed E-state index contributed by atoms with van der Waals surface area (Å²) in [6, 6.07) is 64.1. The SMILES string of the molecule is c1ccc(-c2cc(-c3cccc(-c4cccc(-c5nc(-c6ccccc6)nc(-c6ccccc6)n5)c4)c3)nc(-c3ccc4ccccc4c3)n2)cc1. The fourth-order valence-electron chi connectivity index (χ4n) is 6.44. The van der Waals surface area contributed by atoms with Crippen LogP contribution in [-0.4, -0.2) is 24.9 Å². The molecule has 0 saturated carbocycles. The molecule has 5 heteroatoms. The number of aromatic nitrogens is 5. The fraction of sp³-hybridized carbons (Fsp3) is 0. The summed E-state index contributed by atoms with van der Waals surface area (Å²) in [4.78, 5) is 25.0. The van der Waals surface area contributed by atoms with Crippen molar-refractivity contribution < 1.29 is 0 Å². The van der Waals surface area contributed by atoms with Crippen LogP contribution < -0.4 is 0 Å². The molecule has 0 radical (unpaired) electrons. The number of hydrogen-bond acceptors (Lipinski definition) is 5. The van der Waals surface area contributed by atoms with E-state index in [2.05, 4.69) is 109 Å². The average molecular weight is 666 g/mol. The van der Waals surface area contributed by atoms with E-state index >= 15 is 0 Å². The van der Waals surface area contributed by atoms with Crippen LogP contribution in [0.4, 0.5) is 0 Å². The molecule has 0 atom stereocenters. The molecule has 0 saturated heterocycles. The van der Waals surface area contributed by atoms with E-state index in [4.69, 9.17) is 24.9 Å². The predicted molar refractivity (Wildman–Crippen MR) is 211 cm³/mol. The molecule has 0 unspecified atom stereocenters. The molecule has 0 aliphatic carbocycles. The maximum atomic E-state index is 5.15. The Hall–Kier alpha value is -7.11. The largest absolute Gasteiger partial charge is 0.228 e. The van der Waals surface area contributed by atoms with E-state index in [0.717, 1.165) is 61.3 Å². The zero-order chi connectivity index (χ0) is 34.7. The standard InChI is InChI=1S/C47H31N5/c1-4-15-33(16-5-1)42-31-43(49-46(48-42)41-27-26-32-14-10-11-21-36(32)29-41)39-24-12-22-37(28-39)38-23-13-25-40(30-38)47-51-44(34-17-6-2-7-18-34)50-45(52-47)35-19-8-3-9-20-35/h1-31H. The zero-order valence-electron chi connectivity index (χ0n) is 28.1. The molecule has 5 nitrogen and oxygen atoms in total. The number of fused-ring (bicyclic) bond motifs is 1. The molecule has 0 amide bonds. The van der Waals surface area contributed by atoms with Gasteiger partial charge in [-0.25, -0.2) is 24.9 Å². The second-order valence-corrected chi connectivity index (χ2v) is 12.6. The fourth-order valence-corrected chi connectivity index (χ4v) is 6.44. The van der Waals surface area contributed by atoms with Gasteiger partial charge in [-0.2, -0.15) is 0 Å². The lowest BCUT2D eigenvalue weighted by molar-refractivity contribution is 1.07. The first-order valence-electron chi connectivity index (χ1n) is 17.3. The molecule has 244 valence electrons. The van der Waals surface area contributed by atoms with Crippen molar-refractivity contribution >= 4 is 10.8 Å². The first kappa shape index (κ1) is 30.9. The Morgan fingerprint density at radius 2 is 0.615 bits per heavy atom. The molecule has 0 N–H and O–H groups in total. The average Bonchev–Trinajstić information content (AvgIpc) is 3.24. The highest BCUT2D eigenvalue weighted by molar-refractivity contribution is 5.87. The smallest absolute Gasteiger partial charge is 0.164 e. The summed E-state index contributed by atoms with van der Waals surface area (Å²) in [5.41, 5.74) is 9.65. The van der Waals surface area contributed by atoms with Crippen LogP contribution in [0, 0.1) is 0 Å². The van der Waals surface area contributed by atoms with Crippen molar-refractivity contribution in [2.75, 3.05) is 0 Å². The van der Waals surface area contributed by atoms with Gasteiger partial charge in [0, 0.05) is 33.4 Å². The van der Waals surface area contributed by atoms with Crippen molar-refractivity contribution in [1.29, 1.82) is 0 Å². The molecule has 52 heavy (non-hydrogen) atoms. The number of hydrogen-bond donors (Lipinski definition) is 0. The van der Waals surface area contributed by atoms with Crippen LogP contribution in [0.2, 0.25) is 0 Å². The van der Waals surface area contributed by atoms with E-state index in [1.165, 1.54) is 5.39 Å². The van der Waals surface area contributed by atoms with Crippen LogP contribution in [0.3, 0.4) is 0 Å². The number of rotatable bonds is 7. The maximum Gasteiger partial charge on any atom is 0.164 e. The lowest BCUT2D eigenvalue weighted by Gasteiger charge is -2.12. The first-order chi connectivity index (χ1) is 25.7. The summed E-state index contributed by atoms with van der Waals surface area (Å²) in [5, 5.41) is 2.34. The lowest BCUT2D eigenvalue weighted by atomic mass is 9.99. The van der Waals surface area contributed by atoms with Crippen molar-refractivity contribution in [2.45, 2.75) is 0 Å². The van der Waals surface area contributed by atoms with Gasteiger partial charge in [-0.3, -0.25) is 0 Å². The first-order valence-corrected chi connectivity index (χ1v) is 17.3. The third kappa shape index (κ3) is 6.35. The Morgan fingerprint density at radius 1 is 0.212 bits per heavy atom. The molecule has 0 fully saturated rings. The maximum absolute atomic E-state index is 5.15. The molecular formula is C47H31N5. The molecule has 0 bridgehead atoms. The minimum absolute atomic E-state index is 0.619. The van der Waals surface area contributed by atoms with Crippen LogP contribution in [-0.2, 0) is 0 Å². The minimum Gasteiger partial charge on any atom is -0.228 e. The van der Waals surface area contributed by atoms with Gasteiger partial charge in [-0.15, -0.1) is 0 Å². The Labute approximate surface area is 302 Å². The normalized spacial score (nSPS) is 11.1. The van der Waals surface area contributed by atoms with Gasteiger partial charge in [-0.05, 0) is 46.2 Å². The van der Waals surface area contributed by atoms with Crippen molar-refractivity contribution in [3.8, 4) is 79.2 Å². The lowest BCUT2D eigenvalue weighted by Crippen LogP contribution is -2.00. The van der Waals surface area contributed by atoms with E-state index < -0.39 is 0 Å². The van der Waals surface area contributed by atoms with Gasteiger partial charge in [0.15, 0.2) is 23.3 Å². The highest BCUT2D eigenvalue weighted by Gasteiger charge is 2.15.